The van der Waals surface area contributed by atoms with Crippen LogP contribution in [0.1, 0.15) is 28.8 Å². The molecule has 4 rings (SSSR count). The fourth-order valence-corrected chi connectivity index (χ4v) is 4.54. The number of aromatic nitrogens is 2. The molecule has 0 saturated carbocycles. The molecule has 2 heterocycles. The summed E-state index contributed by atoms with van der Waals surface area (Å²) in [5.74, 6) is -1.71. The van der Waals surface area contributed by atoms with Crippen molar-refractivity contribution in [1.82, 2.24) is 14.7 Å². The number of halogens is 5. The molecular formula is C25H25BrF4N4O3. The molecule has 0 atom stereocenters. The Morgan fingerprint density at radius 1 is 1.22 bits per heavy atom. The van der Waals surface area contributed by atoms with Crippen molar-refractivity contribution in [2.75, 3.05) is 38.4 Å². The number of rotatable bonds is 7. The number of benzene rings is 2. The standard InChI is InChI=1S/C25H25BrF4N4O3/c1-33-23(20(26)14-31-33)18-13-17(5-7-22(18)37-11-9-34-8-2-3-10-36-15-34)32-24(35)16-4-6-19(21(27)12-16)25(28,29)30/h4-7,12-14H,2-3,8-11,15H2,1H3,(H,32,35). The van der Waals surface area contributed by atoms with Gasteiger partial charge in [0.2, 0.25) is 0 Å². The summed E-state index contributed by atoms with van der Waals surface area (Å²) in [7, 11) is 1.76. The lowest BCUT2D eigenvalue weighted by Crippen LogP contribution is -2.30. The van der Waals surface area contributed by atoms with E-state index < -0.39 is 23.5 Å². The molecule has 1 fully saturated rings. The average molecular weight is 585 g/mol. The van der Waals surface area contributed by atoms with Gasteiger partial charge in [0.1, 0.15) is 18.2 Å². The Hall–Kier alpha value is -2.96. The minimum Gasteiger partial charge on any atom is -0.492 e. The van der Waals surface area contributed by atoms with Gasteiger partial charge < -0.3 is 14.8 Å². The van der Waals surface area contributed by atoms with Gasteiger partial charge in [-0.3, -0.25) is 14.4 Å². The van der Waals surface area contributed by atoms with Crippen LogP contribution in [0.5, 0.6) is 5.75 Å². The van der Waals surface area contributed by atoms with Gasteiger partial charge in [-0.05, 0) is 65.2 Å². The van der Waals surface area contributed by atoms with E-state index in [4.69, 9.17) is 9.47 Å². The molecule has 0 spiro atoms. The van der Waals surface area contributed by atoms with E-state index in [9.17, 15) is 22.4 Å². The van der Waals surface area contributed by atoms with Gasteiger partial charge in [0.25, 0.3) is 5.91 Å². The maximum atomic E-state index is 14.0. The molecule has 0 radical (unpaired) electrons. The van der Waals surface area contributed by atoms with Gasteiger partial charge in [-0.1, -0.05) is 0 Å². The monoisotopic (exact) mass is 584 g/mol. The average Bonchev–Trinajstić information content (AvgIpc) is 3.01. The molecule has 7 nitrogen and oxygen atoms in total. The summed E-state index contributed by atoms with van der Waals surface area (Å²) in [6.45, 7) is 3.31. The van der Waals surface area contributed by atoms with Crippen LogP contribution in [-0.2, 0) is 18.0 Å². The number of carbonyl (C=O) groups is 1. The molecule has 1 saturated heterocycles. The van der Waals surface area contributed by atoms with Crippen molar-refractivity contribution < 1.29 is 31.8 Å². The second-order valence-electron chi connectivity index (χ2n) is 8.53. The molecule has 3 aromatic rings. The number of alkyl halides is 3. The minimum absolute atomic E-state index is 0.242. The van der Waals surface area contributed by atoms with Gasteiger partial charge in [-0.15, -0.1) is 0 Å². The predicted octanol–water partition coefficient (Wildman–Crippen LogP) is 5.71. The van der Waals surface area contributed by atoms with Crippen LogP contribution in [0.15, 0.2) is 47.1 Å². The highest BCUT2D eigenvalue weighted by atomic mass is 79.9. The summed E-state index contributed by atoms with van der Waals surface area (Å²) in [6.07, 6.45) is -1.13. The van der Waals surface area contributed by atoms with Gasteiger partial charge >= 0.3 is 6.18 Å². The first-order valence-electron chi connectivity index (χ1n) is 11.6. The number of nitrogens with zero attached hydrogens (tertiary/aromatic N) is 3. The zero-order valence-corrected chi connectivity index (χ0v) is 21.5. The van der Waals surface area contributed by atoms with Crippen LogP contribution in [0.3, 0.4) is 0 Å². The first kappa shape index (κ1) is 27.1. The smallest absolute Gasteiger partial charge is 0.419 e. The van der Waals surface area contributed by atoms with Crippen LogP contribution in [0.4, 0.5) is 23.2 Å². The van der Waals surface area contributed by atoms with Crippen LogP contribution < -0.4 is 10.1 Å². The second kappa shape index (κ2) is 11.6. The van der Waals surface area contributed by atoms with Crippen LogP contribution >= 0.6 is 15.9 Å². The summed E-state index contributed by atoms with van der Waals surface area (Å²) in [5, 5.41) is 6.86. The molecule has 0 aliphatic carbocycles. The van der Waals surface area contributed by atoms with Gasteiger partial charge in [-0.2, -0.15) is 18.3 Å². The molecule has 1 N–H and O–H groups in total. The maximum absolute atomic E-state index is 14.0. The van der Waals surface area contributed by atoms with Crippen molar-refractivity contribution in [2.45, 2.75) is 19.0 Å². The zero-order chi connectivity index (χ0) is 26.6. The number of nitrogens with one attached hydrogen (secondary N) is 1. The highest BCUT2D eigenvalue weighted by Gasteiger charge is 2.34. The molecule has 2 aromatic carbocycles. The summed E-state index contributed by atoms with van der Waals surface area (Å²) < 4.78 is 66.5. The number of hydrogen-bond donors (Lipinski definition) is 1. The fraction of sp³-hybridized carbons (Fsp3) is 0.360. The maximum Gasteiger partial charge on any atom is 0.419 e. The number of aryl methyl sites for hydroxylation is 1. The van der Waals surface area contributed by atoms with Crippen molar-refractivity contribution in [3.8, 4) is 17.0 Å². The van der Waals surface area contributed by atoms with E-state index in [1.165, 1.54) is 0 Å². The van der Waals surface area contributed by atoms with E-state index >= 15 is 0 Å². The first-order valence-corrected chi connectivity index (χ1v) is 12.4. The van der Waals surface area contributed by atoms with Crippen molar-refractivity contribution in [1.29, 1.82) is 0 Å². The number of carbonyl (C=O) groups excluding carboxylic acids is 1. The summed E-state index contributed by atoms with van der Waals surface area (Å²) in [4.78, 5) is 14.9. The minimum atomic E-state index is -4.85. The lowest BCUT2D eigenvalue weighted by atomic mass is 10.1. The zero-order valence-electron chi connectivity index (χ0n) is 19.9. The lowest BCUT2D eigenvalue weighted by molar-refractivity contribution is -0.140. The predicted molar refractivity (Wildman–Crippen MR) is 133 cm³/mol. The van der Waals surface area contributed by atoms with Crippen LogP contribution in [0.2, 0.25) is 0 Å². The van der Waals surface area contributed by atoms with Gasteiger partial charge in [0.15, 0.2) is 0 Å². The Bertz CT molecular complexity index is 1240. The molecule has 1 aliphatic heterocycles. The van der Waals surface area contributed by atoms with Crippen molar-refractivity contribution >= 4 is 27.5 Å². The Kier molecular flexibility index (Phi) is 8.50. The van der Waals surface area contributed by atoms with Crippen molar-refractivity contribution in [3.05, 3.63) is 64.0 Å². The van der Waals surface area contributed by atoms with Gasteiger partial charge in [-0.25, -0.2) is 4.39 Å². The Morgan fingerprint density at radius 2 is 2.03 bits per heavy atom. The lowest BCUT2D eigenvalue weighted by Gasteiger charge is -2.20. The summed E-state index contributed by atoms with van der Waals surface area (Å²) in [5.41, 5.74) is 0.0104. The van der Waals surface area contributed by atoms with Crippen LogP contribution in [-0.4, -0.2) is 53.6 Å². The molecule has 0 unspecified atom stereocenters. The van der Waals surface area contributed by atoms with E-state index in [0.717, 1.165) is 32.1 Å². The number of amides is 1. The third kappa shape index (κ3) is 6.68. The van der Waals surface area contributed by atoms with Gasteiger partial charge in [0, 0.05) is 43.6 Å². The Balaban J connectivity index is 1.54. The third-order valence-corrected chi connectivity index (χ3v) is 6.46. The van der Waals surface area contributed by atoms with Crippen LogP contribution in [0.25, 0.3) is 11.3 Å². The number of hydrogen-bond acceptors (Lipinski definition) is 5. The van der Waals surface area contributed by atoms with E-state index in [-0.39, 0.29) is 5.56 Å². The second-order valence-corrected chi connectivity index (χ2v) is 9.39. The Morgan fingerprint density at radius 3 is 2.73 bits per heavy atom. The molecular weight excluding hydrogens is 560 g/mol. The van der Waals surface area contributed by atoms with Crippen molar-refractivity contribution in [3.63, 3.8) is 0 Å². The van der Waals surface area contributed by atoms with Gasteiger partial charge in [0.05, 0.1) is 28.7 Å². The molecule has 37 heavy (non-hydrogen) atoms. The molecule has 198 valence electrons. The van der Waals surface area contributed by atoms with E-state index in [1.54, 1.807) is 36.1 Å². The molecule has 12 heteroatoms. The van der Waals surface area contributed by atoms with Crippen molar-refractivity contribution in [2.24, 2.45) is 7.05 Å². The third-order valence-electron chi connectivity index (χ3n) is 5.88. The normalized spacial score (nSPS) is 14.9. The van der Waals surface area contributed by atoms with E-state index in [0.29, 0.717) is 59.2 Å². The molecule has 0 bridgehead atoms. The van der Waals surface area contributed by atoms with Crippen LogP contribution in [0, 0.1) is 5.82 Å². The van der Waals surface area contributed by atoms with E-state index in [2.05, 4.69) is 31.2 Å². The largest absolute Gasteiger partial charge is 0.492 e. The fourth-order valence-electron chi connectivity index (χ4n) is 3.98. The molecule has 1 amide bonds. The SMILES string of the molecule is Cn1ncc(Br)c1-c1cc(NC(=O)c2ccc(C(F)(F)F)c(F)c2)ccc1OCCN1CCCCOC1. The molecule has 1 aromatic heterocycles. The quantitative estimate of drug-likeness (QED) is 0.360. The number of anilines is 1. The highest BCUT2D eigenvalue weighted by Crippen LogP contribution is 2.37. The summed E-state index contributed by atoms with van der Waals surface area (Å²) in [6, 6.07) is 7.02. The number of ether oxygens (including phenoxy) is 2. The first-order chi connectivity index (χ1) is 17.6. The Labute approximate surface area is 219 Å². The molecule has 1 aliphatic rings. The topological polar surface area (TPSA) is 68.6 Å². The highest BCUT2D eigenvalue weighted by molar-refractivity contribution is 9.10. The summed E-state index contributed by atoms with van der Waals surface area (Å²) >= 11 is 3.49. The van der Waals surface area contributed by atoms with E-state index in [1.807, 2.05) is 0 Å².